The second-order valence-electron chi connectivity index (χ2n) is 4.46. The summed E-state index contributed by atoms with van der Waals surface area (Å²) in [6.07, 6.45) is 0. The van der Waals surface area contributed by atoms with Crippen LogP contribution in [0, 0.1) is 0 Å². The van der Waals surface area contributed by atoms with Crippen LogP contribution in [0.3, 0.4) is 0 Å². The average Bonchev–Trinajstić information content (AvgIpc) is 2.53. The highest BCUT2D eigenvalue weighted by atomic mass is 32.3. The first kappa shape index (κ1) is 18.7. The van der Waals surface area contributed by atoms with Crippen molar-refractivity contribution < 1.29 is 34.0 Å². The predicted molar refractivity (Wildman–Crippen MR) is 79.1 cm³/mol. The number of alkyl halides is 5. The van der Waals surface area contributed by atoms with Gasteiger partial charge in [-0.3, -0.25) is 0 Å². The molecule has 0 saturated carbocycles. The van der Waals surface area contributed by atoms with Gasteiger partial charge in [0.1, 0.15) is 0 Å². The van der Waals surface area contributed by atoms with E-state index in [9.17, 15) is 30.4 Å². The maximum atomic E-state index is 13.9. The van der Waals surface area contributed by atoms with Crippen LogP contribution >= 0.6 is 10.3 Å². The molecule has 0 aliphatic carbocycles. The average molecular weight is 386 g/mol. The molecular weight excluding hydrogens is 375 g/mol. The summed E-state index contributed by atoms with van der Waals surface area (Å²) in [6.45, 7) is 0. The molecule has 0 aliphatic rings. The lowest BCUT2D eigenvalue weighted by Gasteiger charge is -2.37. The molecule has 0 fully saturated rings. The molecule has 24 heavy (non-hydrogen) atoms. The second kappa shape index (κ2) is 6.69. The molecule has 0 saturated heterocycles. The van der Waals surface area contributed by atoms with Gasteiger partial charge >= 0.3 is 15.6 Å². The Morgan fingerprint density at radius 3 is 1.46 bits per heavy atom. The Bertz CT molecular complexity index is 738. The van der Waals surface area contributed by atoms with E-state index in [4.69, 9.17) is 0 Å². The fourth-order valence-corrected chi connectivity index (χ4v) is 5.99. The van der Waals surface area contributed by atoms with E-state index >= 15 is 0 Å². The molecule has 0 aromatic heterocycles. The molecule has 2 aromatic carbocycles. The SMILES string of the molecule is O=S(=O)(OS(c1ccccc1)(c1ccccc1)C(F)F)C(F)(F)F. The fraction of sp³-hybridized carbons (Fsp3) is 0.143. The molecule has 0 aliphatic heterocycles. The molecule has 0 N–H and O–H groups in total. The molecule has 0 amide bonds. The molecule has 0 unspecified atom stereocenters. The van der Waals surface area contributed by atoms with Crippen LogP contribution in [0.15, 0.2) is 70.5 Å². The smallest absolute Gasteiger partial charge is 0.199 e. The molecule has 132 valence electrons. The van der Waals surface area contributed by atoms with Crippen molar-refractivity contribution in [2.24, 2.45) is 0 Å². The van der Waals surface area contributed by atoms with Gasteiger partial charge in [0.2, 0.25) is 0 Å². The highest BCUT2D eigenvalue weighted by Crippen LogP contribution is 2.69. The van der Waals surface area contributed by atoms with Crippen LogP contribution in [0.2, 0.25) is 0 Å². The van der Waals surface area contributed by atoms with E-state index in [1.54, 1.807) is 0 Å². The zero-order valence-corrected chi connectivity index (χ0v) is 13.4. The lowest BCUT2D eigenvalue weighted by atomic mass is 10.4. The van der Waals surface area contributed by atoms with Crippen molar-refractivity contribution in [3.8, 4) is 0 Å². The van der Waals surface area contributed by atoms with Gasteiger partial charge in [0.15, 0.2) is 0 Å². The van der Waals surface area contributed by atoms with E-state index in [0.717, 1.165) is 24.3 Å². The molecule has 10 heteroatoms. The van der Waals surface area contributed by atoms with Gasteiger partial charge in [-0.1, -0.05) is 36.4 Å². The molecule has 2 rings (SSSR count). The van der Waals surface area contributed by atoms with E-state index in [2.05, 4.69) is 3.63 Å². The molecule has 0 bridgehead atoms. The number of rotatable bonds is 5. The van der Waals surface area contributed by atoms with E-state index in [0.29, 0.717) is 0 Å². The normalized spacial score (nSPS) is 13.9. The van der Waals surface area contributed by atoms with Crippen LogP contribution in [-0.2, 0) is 13.7 Å². The summed E-state index contributed by atoms with van der Waals surface area (Å²) in [6, 6.07) is 12.6. The van der Waals surface area contributed by atoms with Crippen molar-refractivity contribution in [1.29, 1.82) is 0 Å². The highest BCUT2D eigenvalue weighted by molar-refractivity contribution is 8.33. The fourth-order valence-electron chi connectivity index (χ4n) is 1.88. The third-order valence-corrected chi connectivity index (χ3v) is 7.51. The van der Waals surface area contributed by atoms with Crippen molar-refractivity contribution in [3.05, 3.63) is 60.7 Å². The molecule has 0 spiro atoms. The molecular formula is C14H11F5O3S2. The molecule has 0 heterocycles. The summed E-state index contributed by atoms with van der Waals surface area (Å²) in [7, 11) is -10.5. The minimum atomic E-state index is -6.24. The molecule has 3 nitrogen and oxygen atoms in total. The number of benzene rings is 2. The minimum absolute atomic E-state index is 0.334. The number of hydrogen-bond donors (Lipinski definition) is 0. The van der Waals surface area contributed by atoms with Crippen LogP contribution in [-0.4, -0.2) is 19.7 Å². The first-order valence-corrected chi connectivity index (χ1v) is 9.37. The first-order valence-electron chi connectivity index (χ1n) is 6.34. The lowest BCUT2D eigenvalue weighted by molar-refractivity contribution is -0.0497. The minimum Gasteiger partial charge on any atom is -0.199 e. The quantitative estimate of drug-likeness (QED) is 0.542. The lowest BCUT2D eigenvalue weighted by Crippen LogP contribution is -2.29. The first-order chi connectivity index (χ1) is 11.1. The molecule has 0 atom stereocenters. The summed E-state index contributed by atoms with van der Waals surface area (Å²) in [4.78, 5) is -0.668. The zero-order chi connectivity index (χ0) is 18.0. The van der Waals surface area contributed by atoms with Crippen LogP contribution in [0.1, 0.15) is 0 Å². The van der Waals surface area contributed by atoms with Crippen LogP contribution in [0.5, 0.6) is 0 Å². The van der Waals surface area contributed by atoms with Crippen LogP contribution < -0.4 is 0 Å². The van der Waals surface area contributed by atoms with Gasteiger partial charge in [0.05, 0.1) is 0 Å². The largest absolute Gasteiger partial charge is 0.523 e. The van der Waals surface area contributed by atoms with Crippen molar-refractivity contribution in [3.63, 3.8) is 0 Å². The van der Waals surface area contributed by atoms with E-state index in [1.807, 2.05) is 0 Å². The van der Waals surface area contributed by atoms with Crippen molar-refractivity contribution in [1.82, 2.24) is 0 Å². The Morgan fingerprint density at radius 2 is 1.17 bits per heavy atom. The maximum absolute atomic E-state index is 13.9. The topological polar surface area (TPSA) is 43.4 Å². The van der Waals surface area contributed by atoms with E-state index < -0.39 is 31.7 Å². The third kappa shape index (κ3) is 3.40. The van der Waals surface area contributed by atoms with Gasteiger partial charge in [-0.2, -0.15) is 34.0 Å². The Hall–Kier alpha value is -1.65. The van der Waals surface area contributed by atoms with Crippen molar-refractivity contribution in [2.45, 2.75) is 21.1 Å². The predicted octanol–water partition coefficient (Wildman–Crippen LogP) is 4.91. The van der Waals surface area contributed by atoms with Crippen molar-refractivity contribution >= 4 is 20.4 Å². The number of hydrogen-bond acceptors (Lipinski definition) is 3. The van der Waals surface area contributed by atoms with Gasteiger partial charge in [0, 0.05) is 9.79 Å². The zero-order valence-electron chi connectivity index (χ0n) is 11.8. The standard InChI is InChI=1S/C14H11F5O3S2/c15-13(16)23(11-7-3-1-4-8-11,12-9-5-2-6-10-12)22-24(20,21)14(17,18)19/h1-10,13H. The monoisotopic (exact) mass is 386 g/mol. The van der Waals surface area contributed by atoms with Gasteiger partial charge < -0.3 is 0 Å². The van der Waals surface area contributed by atoms with Crippen molar-refractivity contribution in [2.75, 3.05) is 0 Å². The van der Waals surface area contributed by atoms with Gasteiger partial charge in [0.25, 0.3) is 5.76 Å². The Kier molecular flexibility index (Phi) is 5.21. The Morgan fingerprint density at radius 1 is 0.792 bits per heavy atom. The Balaban J connectivity index is 2.74. The van der Waals surface area contributed by atoms with Crippen LogP contribution in [0.4, 0.5) is 22.0 Å². The summed E-state index contributed by atoms with van der Waals surface area (Å²) < 4.78 is 93.1. The highest BCUT2D eigenvalue weighted by Gasteiger charge is 2.54. The summed E-state index contributed by atoms with van der Waals surface area (Å²) in [5.74, 6) is -3.50. The number of halogens is 5. The maximum Gasteiger partial charge on any atom is 0.523 e. The Labute approximate surface area is 136 Å². The van der Waals surface area contributed by atoms with Crippen LogP contribution in [0.25, 0.3) is 0 Å². The van der Waals surface area contributed by atoms with Gasteiger partial charge in [-0.25, -0.2) is 0 Å². The van der Waals surface area contributed by atoms with Gasteiger partial charge in [-0.05, 0) is 34.6 Å². The van der Waals surface area contributed by atoms with E-state index in [1.165, 1.54) is 36.4 Å². The molecule has 0 radical (unpaired) electrons. The summed E-state index contributed by atoms with van der Waals surface area (Å²) in [5, 5.41) is 0. The van der Waals surface area contributed by atoms with Gasteiger partial charge in [-0.15, -0.1) is 0 Å². The van der Waals surface area contributed by atoms with E-state index in [-0.39, 0.29) is 9.79 Å². The summed E-state index contributed by atoms with van der Waals surface area (Å²) >= 11 is 0. The molecule has 2 aromatic rings. The third-order valence-electron chi connectivity index (χ3n) is 2.92. The summed E-state index contributed by atoms with van der Waals surface area (Å²) in [5.41, 5.74) is -5.82. The second-order valence-corrected chi connectivity index (χ2v) is 8.87.